The fourth-order valence-electron chi connectivity index (χ4n) is 1.88. The number of thioether (sulfide) groups is 1. The number of allylic oxidation sites excluding steroid dienone is 2. The summed E-state index contributed by atoms with van der Waals surface area (Å²) in [6.07, 6.45) is 4.73. The molecular formula is C16H11N3O4S. The minimum Gasteiger partial charge on any atom is -0.401 e. The first-order chi connectivity index (χ1) is 11.6. The van der Waals surface area contributed by atoms with Crippen LogP contribution in [0.25, 0.3) is 6.08 Å². The predicted molar refractivity (Wildman–Crippen MR) is 91.8 cm³/mol. The van der Waals surface area contributed by atoms with Gasteiger partial charge in [0, 0.05) is 0 Å². The molecule has 24 heavy (non-hydrogen) atoms. The smallest absolute Gasteiger partial charge is 0.401 e. The Balaban J connectivity index is 1.69. The van der Waals surface area contributed by atoms with Gasteiger partial charge in [-0.2, -0.15) is 0 Å². The molecule has 1 aliphatic rings. The zero-order chi connectivity index (χ0) is 16.9. The average Bonchev–Trinajstić information content (AvgIpc) is 3.16. The number of carbonyl (C=O) groups is 1. The van der Waals surface area contributed by atoms with Crippen molar-refractivity contribution < 1.29 is 14.1 Å². The van der Waals surface area contributed by atoms with E-state index in [0.29, 0.717) is 15.8 Å². The number of amidine groups is 1. The number of hydrogen-bond donors (Lipinski definition) is 1. The molecular weight excluding hydrogens is 330 g/mol. The van der Waals surface area contributed by atoms with E-state index < -0.39 is 4.92 Å². The topological polar surface area (TPSA) is 97.7 Å². The van der Waals surface area contributed by atoms with Crippen LogP contribution < -0.4 is 5.32 Å². The lowest BCUT2D eigenvalue weighted by atomic mass is 10.3. The summed E-state index contributed by atoms with van der Waals surface area (Å²) >= 11 is 1.22. The molecule has 2 aromatic rings. The van der Waals surface area contributed by atoms with Gasteiger partial charge in [-0.1, -0.05) is 24.3 Å². The van der Waals surface area contributed by atoms with Gasteiger partial charge in [-0.25, -0.2) is 4.99 Å². The van der Waals surface area contributed by atoms with Gasteiger partial charge in [0.1, 0.15) is 10.7 Å². The van der Waals surface area contributed by atoms with E-state index in [1.807, 2.05) is 30.3 Å². The molecule has 0 bridgehead atoms. The molecule has 8 heteroatoms. The van der Waals surface area contributed by atoms with Gasteiger partial charge < -0.3 is 9.73 Å². The molecule has 1 aromatic heterocycles. The fourth-order valence-corrected chi connectivity index (χ4v) is 2.67. The van der Waals surface area contributed by atoms with E-state index in [1.54, 1.807) is 18.2 Å². The second-order valence-electron chi connectivity index (χ2n) is 4.63. The Kier molecular flexibility index (Phi) is 4.57. The Morgan fingerprint density at radius 2 is 2.00 bits per heavy atom. The molecule has 0 unspecified atom stereocenters. The highest BCUT2D eigenvalue weighted by molar-refractivity contribution is 8.18. The lowest BCUT2D eigenvalue weighted by Crippen LogP contribution is -2.19. The second-order valence-corrected chi connectivity index (χ2v) is 5.66. The van der Waals surface area contributed by atoms with Crippen LogP contribution in [0.15, 0.2) is 68.9 Å². The summed E-state index contributed by atoms with van der Waals surface area (Å²) in [4.78, 5) is 26.6. The molecule has 0 radical (unpaired) electrons. The van der Waals surface area contributed by atoms with Gasteiger partial charge in [-0.3, -0.25) is 14.9 Å². The monoisotopic (exact) mass is 341 g/mol. The maximum atomic E-state index is 11.9. The lowest BCUT2D eigenvalue weighted by molar-refractivity contribution is -0.402. The summed E-state index contributed by atoms with van der Waals surface area (Å²) < 4.78 is 4.99. The van der Waals surface area contributed by atoms with Crippen LogP contribution in [0, 0.1) is 10.1 Å². The maximum Gasteiger partial charge on any atom is 0.433 e. The number of amides is 1. The molecule has 0 saturated carbocycles. The van der Waals surface area contributed by atoms with Crippen LogP contribution in [0.1, 0.15) is 5.76 Å². The maximum absolute atomic E-state index is 11.9. The van der Waals surface area contributed by atoms with Crippen LogP contribution in [0.2, 0.25) is 0 Å². The van der Waals surface area contributed by atoms with Gasteiger partial charge >= 0.3 is 5.88 Å². The molecule has 7 nitrogen and oxygen atoms in total. The van der Waals surface area contributed by atoms with Crippen molar-refractivity contribution in [3.63, 3.8) is 0 Å². The normalized spacial score (nSPS) is 17.8. The lowest BCUT2D eigenvalue weighted by Gasteiger charge is -1.94. The minimum absolute atomic E-state index is 0.246. The quantitative estimate of drug-likeness (QED) is 0.520. The third-order valence-corrected chi connectivity index (χ3v) is 3.87. The van der Waals surface area contributed by atoms with Crippen LogP contribution >= 0.6 is 11.8 Å². The summed E-state index contributed by atoms with van der Waals surface area (Å²) in [5.41, 5.74) is 0.750. The van der Waals surface area contributed by atoms with Crippen molar-refractivity contribution in [3.05, 3.63) is 75.4 Å². The number of para-hydroxylation sites is 1. The number of furan rings is 1. The van der Waals surface area contributed by atoms with Gasteiger partial charge in [0.25, 0.3) is 5.91 Å². The van der Waals surface area contributed by atoms with Crippen molar-refractivity contribution in [3.8, 4) is 0 Å². The number of nitrogens with one attached hydrogen (secondary N) is 1. The molecule has 0 aliphatic carbocycles. The molecule has 1 fully saturated rings. The molecule has 0 atom stereocenters. The van der Waals surface area contributed by atoms with Crippen LogP contribution in [-0.2, 0) is 4.79 Å². The van der Waals surface area contributed by atoms with E-state index in [-0.39, 0.29) is 11.8 Å². The van der Waals surface area contributed by atoms with Crippen molar-refractivity contribution in [2.75, 3.05) is 0 Å². The molecule has 1 amide bonds. The Morgan fingerprint density at radius 3 is 2.71 bits per heavy atom. The Morgan fingerprint density at radius 1 is 1.21 bits per heavy atom. The highest BCUT2D eigenvalue weighted by atomic mass is 32.2. The van der Waals surface area contributed by atoms with Crippen LogP contribution in [0.4, 0.5) is 11.6 Å². The molecule has 1 aromatic carbocycles. The zero-order valence-corrected chi connectivity index (χ0v) is 13.0. The molecule has 120 valence electrons. The number of nitro groups is 1. The molecule has 2 heterocycles. The first-order valence-electron chi connectivity index (χ1n) is 6.87. The van der Waals surface area contributed by atoms with Gasteiger partial charge in [0.05, 0.1) is 16.7 Å². The first-order valence-corrected chi connectivity index (χ1v) is 7.69. The van der Waals surface area contributed by atoms with Gasteiger partial charge in [0.2, 0.25) is 0 Å². The summed E-state index contributed by atoms with van der Waals surface area (Å²) in [6, 6.07) is 12.0. The van der Waals surface area contributed by atoms with Crippen LogP contribution in [0.3, 0.4) is 0 Å². The van der Waals surface area contributed by atoms with Gasteiger partial charge in [-0.05, 0) is 42.1 Å². The van der Waals surface area contributed by atoms with E-state index >= 15 is 0 Å². The highest BCUT2D eigenvalue weighted by Gasteiger charge is 2.23. The molecule has 1 saturated heterocycles. The Labute approximate surface area is 140 Å². The van der Waals surface area contributed by atoms with E-state index in [4.69, 9.17) is 4.42 Å². The van der Waals surface area contributed by atoms with E-state index in [9.17, 15) is 14.9 Å². The summed E-state index contributed by atoms with van der Waals surface area (Å²) in [6.45, 7) is 0. The molecule has 1 aliphatic heterocycles. The number of rotatable bonds is 4. The third kappa shape index (κ3) is 3.79. The highest BCUT2D eigenvalue weighted by Crippen LogP contribution is 2.26. The average molecular weight is 341 g/mol. The summed E-state index contributed by atoms with van der Waals surface area (Å²) in [7, 11) is 0. The summed E-state index contributed by atoms with van der Waals surface area (Å²) in [5.74, 6) is -0.238. The standard InChI is InChI=1S/C16H11N3O4S/c20-15-13(8-4-7-12-9-10-14(23-12)19(21)22)24-16(18-15)17-11-5-2-1-3-6-11/h1-10H,(H,17,18,20)/b7-4+,13-8+. The first kappa shape index (κ1) is 15.8. The molecule has 0 spiro atoms. The number of carbonyl (C=O) groups excluding carboxylic acids is 1. The van der Waals surface area contributed by atoms with Crippen molar-refractivity contribution in [1.29, 1.82) is 0 Å². The van der Waals surface area contributed by atoms with Crippen molar-refractivity contribution in [2.24, 2.45) is 4.99 Å². The number of benzene rings is 1. The Hall–Kier alpha value is -3.13. The van der Waals surface area contributed by atoms with Gasteiger partial charge in [0.15, 0.2) is 5.17 Å². The Bertz CT molecular complexity index is 868. The predicted octanol–water partition coefficient (Wildman–Crippen LogP) is 3.64. The number of aliphatic imine (C=N–C) groups is 1. The molecule has 3 rings (SSSR count). The number of hydrogen-bond acceptors (Lipinski definition) is 6. The second kappa shape index (κ2) is 6.97. The van der Waals surface area contributed by atoms with Crippen LogP contribution in [0.5, 0.6) is 0 Å². The largest absolute Gasteiger partial charge is 0.433 e. The van der Waals surface area contributed by atoms with E-state index in [2.05, 4.69) is 10.3 Å². The van der Waals surface area contributed by atoms with Gasteiger partial charge in [-0.15, -0.1) is 0 Å². The van der Waals surface area contributed by atoms with Crippen molar-refractivity contribution in [1.82, 2.24) is 5.32 Å². The molecule has 1 N–H and O–H groups in total. The number of nitrogens with zero attached hydrogens (tertiary/aromatic N) is 2. The van der Waals surface area contributed by atoms with Crippen LogP contribution in [-0.4, -0.2) is 16.0 Å². The SMILES string of the molecule is O=C1NC(=Nc2ccccc2)S/C1=C/C=C/c1ccc([N+](=O)[O-])o1. The summed E-state index contributed by atoms with van der Waals surface area (Å²) in [5, 5.41) is 13.7. The van der Waals surface area contributed by atoms with Crippen molar-refractivity contribution in [2.45, 2.75) is 0 Å². The third-order valence-electron chi connectivity index (χ3n) is 2.94. The fraction of sp³-hybridized carbons (Fsp3) is 0. The minimum atomic E-state index is -0.609. The zero-order valence-electron chi connectivity index (χ0n) is 12.2. The van der Waals surface area contributed by atoms with Crippen molar-refractivity contribution >= 4 is 40.5 Å². The van der Waals surface area contributed by atoms with E-state index in [1.165, 1.54) is 23.9 Å². The van der Waals surface area contributed by atoms with E-state index in [0.717, 1.165) is 5.69 Å².